The molecular formula is C13H17NS. The van der Waals surface area contributed by atoms with E-state index in [0.717, 1.165) is 5.25 Å². The highest BCUT2D eigenvalue weighted by atomic mass is 32.2. The van der Waals surface area contributed by atoms with Gasteiger partial charge in [-0.05, 0) is 43.9 Å². The molecule has 1 N–H and O–H groups in total. The van der Waals surface area contributed by atoms with Gasteiger partial charge in [0.1, 0.15) is 0 Å². The van der Waals surface area contributed by atoms with E-state index in [1.54, 1.807) is 0 Å². The van der Waals surface area contributed by atoms with Gasteiger partial charge in [0.25, 0.3) is 0 Å². The van der Waals surface area contributed by atoms with E-state index < -0.39 is 0 Å². The minimum atomic E-state index is 0.618. The Balaban J connectivity index is 1.83. The Kier molecular flexibility index (Phi) is 2.72. The zero-order chi connectivity index (χ0) is 10.1. The molecule has 1 atom stereocenters. The van der Waals surface area contributed by atoms with Crippen molar-refractivity contribution in [2.24, 2.45) is 0 Å². The van der Waals surface area contributed by atoms with Crippen LogP contribution in [-0.2, 0) is 0 Å². The molecule has 2 aliphatic rings. The van der Waals surface area contributed by atoms with Gasteiger partial charge in [-0.1, -0.05) is 18.2 Å². The highest BCUT2D eigenvalue weighted by Gasteiger charge is 2.25. The molecule has 0 spiro atoms. The maximum Gasteiger partial charge on any atom is 0.0331 e. The molecule has 1 aliphatic heterocycles. The lowest BCUT2D eigenvalue weighted by Crippen LogP contribution is -2.13. The summed E-state index contributed by atoms with van der Waals surface area (Å²) in [7, 11) is 0. The molecule has 1 saturated carbocycles. The molecule has 1 nitrogen and oxygen atoms in total. The first-order valence-electron chi connectivity index (χ1n) is 5.92. The van der Waals surface area contributed by atoms with Crippen molar-refractivity contribution in [2.75, 3.05) is 6.54 Å². The van der Waals surface area contributed by atoms with Crippen LogP contribution in [0.25, 0.3) is 0 Å². The second kappa shape index (κ2) is 4.18. The normalized spacial score (nSPS) is 25.7. The summed E-state index contributed by atoms with van der Waals surface area (Å²) in [5, 5.41) is 4.50. The summed E-state index contributed by atoms with van der Waals surface area (Å²) in [6.45, 7) is 1.19. The molecule has 1 aliphatic carbocycles. The third-order valence-corrected chi connectivity index (χ3v) is 4.60. The van der Waals surface area contributed by atoms with Gasteiger partial charge in [-0.2, -0.15) is 0 Å². The Hall–Kier alpha value is -0.470. The maximum atomic E-state index is 3.59. The second-order valence-corrected chi connectivity index (χ2v) is 5.85. The molecule has 1 aromatic rings. The highest BCUT2D eigenvalue weighted by molar-refractivity contribution is 8.00. The van der Waals surface area contributed by atoms with Crippen LogP contribution in [-0.4, -0.2) is 11.8 Å². The molecule has 15 heavy (non-hydrogen) atoms. The zero-order valence-electron chi connectivity index (χ0n) is 8.91. The van der Waals surface area contributed by atoms with Crippen molar-refractivity contribution < 1.29 is 0 Å². The highest BCUT2D eigenvalue weighted by Crippen LogP contribution is 2.42. The number of hydrogen-bond donors (Lipinski definition) is 1. The molecule has 1 saturated heterocycles. The molecule has 1 aromatic carbocycles. The van der Waals surface area contributed by atoms with Gasteiger partial charge < -0.3 is 5.32 Å². The Morgan fingerprint density at radius 2 is 2.00 bits per heavy atom. The van der Waals surface area contributed by atoms with Gasteiger partial charge in [0.05, 0.1) is 0 Å². The van der Waals surface area contributed by atoms with Gasteiger partial charge in [-0.3, -0.25) is 0 Å². The molecular weight excluding hydrogens is 202 g/mol. The van der Waals surface area contributed by atoms with E-state index in [1.807, 2.05) is 0 Å². The topological polar surface area (TPSA) is 12.0 Å². The summed E-state index contributed by atoms with van der Waals surface area (Å²) in [5.74, 6) is 0. The minimum absolute atomic E-state index is 0.618. The SMILES string of the molecule is c1ccc(C2CCCN2)c(SC2CC2)c1. The van der Waals surface area contributed by atoms with E-state index in [4.69, 9.17) is 0 Å². The van der Waals surface area contributed by atoms with Crippen LogP contribution in [0.15, 0.2) is 29.2 Å². The number of hydrogen-bond acceptors (Lipinski definition) is 2. The lowest BCUT2D eigenvalue weighted by atomic mass is 10.1. The standard InChI is InChI=1S/C13H17NS/c1-2-6-13(15-10-7-8-10)11(4-1)12-5-3-9-14-12/h1-2,4,6,10,12,14H,3,5,7-9H2. The van der Waals surface area contributed by atoms with Gasteiger partial charge in [0.2, 0.25) is 0 Å². The Bertz CT molecular complexity index is 340. The summed E-state index contributed by atoms with van der Waals surface area (Å²) >= 11 is 2.08. The van der Waals surface area contributed by atoms with Crippen LogP contribution in [0, 0.1) is 0 Å². The zero-order valence-corrected chi connectivity index (χ0v) is 9.72. The van der Waals surface area contributed by atoms with E-state index >= 15 is 0 Å². The van der Waals surface area contributed by atoms with Gasteiger partial charge in [-0.15, -0.1) is 11.8 Å². The van der Waals surface area contributed by atoms with Crippen molar-refractivity contribution in [1.29, 1.82) is 0 Å². The van der Waals surface area contributed by atoms with Gasteiger partial charge in [-0.25, -0.2) is 0 Å². The molecule has 1 unspecified atom stereocenters. The third-order valence-electron chi connectivity index (χ3n) is 3.17. The number of benzene rings is 1. The van der Waals surface area contributed by atoms with Crippen molar-refractivity contribution in [3.63, 3.8) is 0 Å². The average Bonchev–Trinajstić information content (AvgIpc) is 2.93. The van der Waals surface area contributed by atoms with Crippen molar-refractivity contribution in [2.45, 2.75) is 41.9 Å². The predicted octanol–water partition coefficient (Wildman–Crippen LogP) is 3.37. The van der Waals surface area contributed by atoms with Crippen LogP contribution in [0.5, 0.6) is 0 Å². The molecule has 3 rings (SSSR count). The van der Waals surface area contributed by atoms with Crippen LogP contribution in [0.2, 0.25) is 0 Å². The molecule has 2 heteroatoms. The summed E-state index contributed by atoms with van der Waals surface area (Å²) < 4.78 is 0. The van der Waals surface area contributed by atoms with Crippen molar-refractivity contribution >= 4 is 11.8 Å². The number of rotatable bonds is 3. The third kappa shape index (κ3) is 2.21. The number of nitrogens with one attached hydrogen (secondary N) is 1. The van der Waals surface area contributed by atoms with E-state index in [9.17, 15) is 0 Å². The van der Waals surface area contributed by atoms with E-state index in [1.165, 1.54) is 42.7 Å². The fourth-order valence-corrected chi connectivity index (χ4v) is 3.43. The maximum absolute atomic E-state index is 3.59. The molecule has 0 amide bonds. The van der Waals surface area contributed by atoms with Crippen LogP contribution < -0.4 is 5.32 Å². The molecule has 1 heterocycles. The summed E-state index contributed by atoms with van der Waals surface area (Å²) in [5.41, 5.74) is 1.53. The Morgan fingerprint density at radius 3 is 2.73 bits per heavy atom. The van der Waals surface area contributed by atoms with E-state index in [2.05, 4.69) is 41.3 Å². The van der Waals surface area contributed by atoms with Crippen molar-refractivity contribution in [1.82, 2.24) is 5.32 Å². The van der Waals surface area contributed by atoms with Crippen molar-refractivity contribution in [3.8, 4) is 0 Å². The smallest absolute Gasteiger partial charge is 0.0331 e. The average molecular weight is 219 g/mol. The van der Waals surface area contributed by atoms with Crippen molar-refractivity contribution in [3.05, 3.63) is 29.8 Å². The molecule has 0 radical (unpaired) electrons. The Labute approximate surface area is 95.6 Å². The molecule has 80 valence electrons. The fraction of sp³-hybridized carbons (Fsp3) is 0.538. The summed E-state index contributed by atoms with van der Waals surface area (Å²) in [6, 6.07) is 9.55. The predicted molar refractivity (Wildman–Crippen MR) is 65.3 cm³/mol. The van der Waals surface area contributed by atoms with Crippen LogP contribution in [0.1, 0.15) is 37.3 Å². The van der Waals surface area contributed by atoms with Crippen LogP contribution in [0.4, 0.5) is 0 Å². The van der Waals surface area contributed by atoms with E-state index in [-0.39, 0.29) is 0 Å². The summed E-state index contributed by atoms with van der Waals surface area (Å²) in [6.07, 6.45) is 5.46. The van der Waals surface area contributed by atoms with E-state index in [0.29, 0.717) is 6.04 Å². The monoisotopic (exact) mass is 219 g/mol. The van der Waals surface area contributed by atoms with Gasteiger partial charge in [0.15, 0.2) is 0 Å². The first-order valence-corrected chi connectivity index (χ1v) is 6.80. The first-order chi connectivity index (χ1) is 7.43. The second-order valence-electron chi connectivity index (χ2n) is 4.50. The molecule has 2 fully saturated rings. The lowest BCUT2D eigenvalue weighted by molar-refractivity contribution is 0.636. The first kappa shape index (κ1) is 9.73. The fourth-order valence-electron chi connectivity index (χ4n) is 2.19. The quantitative estimate of drug-likeness (QED) is 0.836. The minimum Gasteiger partial charge on any atom is -0.310 e. The van der Waals surface area contributed by atoms with Crippen LogP contribution in [0.3, 0.4) is 0 Å². The molecule has 0 aromatic heterocycles. The number of thioether (sulfide) groups is 1. The summed E-state index contributed by atoms with van der Waals surface area (Å²) in [4.78, 5) is 1.51. The molecule has 0 bridgehead atoms. The van der Waals surface area contributed by atoms with Crippen LogP contribution >= 0.6 is 11.8 Å². The van der Waals surface area contributed by atoms with Gasteiger partial charge in [0, 0.05) is 16.2 Å². The lowest BCUT2D eigenvalue weighted by Gasteiger charge is -2.15. The van der Waals surface area contributed by atoms with Gasteiger partial charge >= 0.3 is 0 Å². The Morgan fingerprint density at radius 1 is 1.13 bits per heavy atom. The largest absolute Gasteiger partial charge is 0.310 e.